The lowest BCUT2D eigenvalue weighted by atomic mass is 9.96. The molecular formula is C17H19BrFN3O3S. The van der Waals surface area contributed by atoms with Gasteiger partial charge in [0.15, 0.2) is 0 Å². The van der Waals surface area contributed by atoms with Gasteiger partial charge in [0, 0.05) is 12.0 Å². The van der Waals surface area contributed by atoms with Crippen LogP contribution >= 0.6 is 27.3 Å². The molecule has 1 N–H and O–H groups in total. The molecule has 0 unspecified atom stereocenters. The number of piperidine rings is 1. The van der Waals surface area contributed by atoms with E-state index in [1.165, 1.54) is 11.3 Å². The Morgan fingerprint density at radius 1 is 1.46 bits per heavy atom. The number of nitrogens with zero attached hydrogens (tertiary/aromatic N) is 2. The van der Waals surface area contributed by atoms with E-state index < -0.39 is 23.9 Å². The minimum Gasteiger partial charge on any atom is -0.444 e. The first kappa shape index (κ1) is 17.9. The van der Waals surface area contributed by atoms with Crippen LogP contribution in [-0.4, -0.2) is 38.8 Å². The number of carbonyl (C=O) groups is 1. The van der Waals surface area contributed by atoms with Gasteiger partial charge in [-0.15, -0.1) is 11.3 Å². The summed E-state index contributed by atoms with van der Waals surface area (Å²) in [6, 6.07) is 0.913. The fourth-order valence-electron chi connectivity index (χ4n) is 3.96. The third-order valence-corrected chi connectivity index (χ3v) is 6.49. The quantitative estimate of drug-likeness (QED) is 0.717. The van der Waals surface area contributed by atoms with Gasteiger partial charge < -0.3 is 9.72 Å². The zero-order valence-corrected chi connectivity index (χ0v) is 17.0. The molecule has 2 bridgehead atoms. The molecule has 2 aromatic rings. The number of hydrogen-bond donors (Lipinski definition) is 1. The van der Waals surface area contributed by atoms with Gasteiger partial charge in [-0.2, -0.15) is 0 Å². The number of likely N-dealkylation sites (tertiary alicyclic amines) is 1. The predicted octanol–water partition coefficient (Wildman–Crippen LogP) is 4.16. The van der Waals surface area contributed by atoms with E-state index >= 15 is 0 Å². The van der Waals surface area contributed by atoms with Crippen LogP contribution in [0.2, 0.25) is 0 Å². The molecule has 0 spiro atoms. The number of ether oxygens (including phenoxy) is 1. The van der Waals surface area contributed by atoms with Crippen LogP contribution in [0.3, 0.4) is 0 Å². The Labute approximate surface area is 161 Å². The van der Waals surface area contributed by atoms with Crippen molar-refractivity contribution in [1.82, 2.24) is 14.9 Å². The molecule has 9 heteroatoms. The largest absolute Gasteiger partial charge is 0.444 e. The fraction of sp³-hybridized carbons (Fsp3) is 0.588. The summed E-state index contributed by atoms with van der Waals surface area (Å²) < 4.78 is 21.3. The molecule has 1 saturated carbocycles. The molecule has 0 radical (unpaired) electrons. The van der Waals surface area contributed by atoms with Crippen molar-refractivity contribution in [3.05, 3.63) is 26.0 Å². The van der Waals surface area contributed by atoms with Crippen molar-refractivity contribution in [3.63, 3.8) is 0 Å². The maximum atomic E-state index is 14.4. The minimum atomic E-state index is -1.01. The third-order valence-electron chi connectivity index (χ3n) is 4.86. The first-order valence-corrected chi connectivity index (χ1v) is 10.1. The average Bonchev–Trinajstić information content (AvgIpc) is 3.15. The second kappa shape index (κ2) is 6.02. The van der Waals surface area contributed by atoms with Crippen molar-refractivity contribution in [3.8, 4) is 0 Å². The van der Waals surface area contributed by atoms with E-state index in [4.69, 9.17) is 4.74 Å². The average molecular weight is 444 g/mol. The Morgan fingerprint density at radius 3 is 2.88 bits per heavy atom. The molecule has 1 amide bonds. The Balaban J connectivity index is 1.77. The lowest BCUT2D eigenvalue weighted by Gasteiger charge is -2.36. The Bertz CT molecular complexity index is 937. The monoisotopic (exact) mass is 443 g/mol. The molecule has 2 aliphatic rings. The summed E-state index contributed by atoms with van der Waals surface area (Å²) in [5.41, 5.74) is -0.382. The number of amides is 1. The molecule has 6 nitrogen and oxygen atoms in total. The highest BCUT2D eigenvalue weighted by molar-refractivity contribution is 9.11. The van der Waals surface area contributed by atoms with E-state index in [0.29, 0.717) is 28.9 Å². The van der Waals surface area contributed by atoms with Gasteiger partial charge >= 0.3 is 6.09 Å². The summed E-state index contributed by atoms with van der Waals surface area (Å²) in [5.74, 6) is -0.0521. The number of rotatable bonds is 1. The zero-order valence-electron chi connectivity index (χ0n) is 14.6. The Kier molecular flexibility index (Phi) is 4.15. The van der Waals surface area contributed by atoms with Crippen LogP contribution in [0.1, 0.15) is 45.5 Å². The van der Waals surface area contributed by atoms with Crippen molar-refractivity contribution >= 4 is 43.6 Å². The number of H-pyrrole nitrogens is 1. The molecule has 26 heavy (non-hydrogen) atoms. The Hall–Kier alpha value is -1.48. The second-order valence-electron chi connectivity index (χ2n) is 7.85. The molecular weight excluding hydrogens is 425 g/mol. The highest BCUT2D eigenvalue weighted by Gasteiger charge is 2.56. The SMILES string of the molecule is CC(C)(C)OC(=O)N1[C@@H]2C[C@@H]([C@H](F)C2)[C@H]1c1nc2cc(Br)sc2c(=O)[nH]1. The molecule has 140 valence electrons. The summed E-state index contributed by atoms with van der Waals surface area (Å²) in [7, 11) is 0. The van der Waals surface area contributed by atoms with E-state index in [1.807, 2.05) is 0 Å². The van der Waals surface area contributed by atoms with Gasteiger partial charge in [0.2, 0.25) is 0 Å². The first-order chi connectivity index (χ1) is 12.1. The van der Waals surface area contributed by atoms with E-state index in [1.54, 1.807) is 31.7 Å². The number of hydrogen-bond acceptors (Lipinski definition) is 5. The van der Waals surface area contributed by atoms with Gasteiger partial charge in [-0.25, -0.2) is 14.2 Å². The number of nitrogens with one attached hydrogen (secondary N) is 1. The molecule has 1 aliphatic carbocycles. The number of alkyl halides is 1. The van der Waals surface area contributed by atoms with Crippen LogP contribution in [0.4, 0.5) is 9.18 Å². The van der Waals surface area contributed by atoms with Crippen molar-refractivity contribution in [1.29, 1.82) is 0 Å². The van der Waals surface area contributed by atoms with E-state index in [0.717, 1.165) is 3.79 Å². The summed E-state index contributed by atoms with van der Waals surface area (Å²) in [4.78, 5) is 34.0. The Morgan fingerprint density at radius 2 is 2.19 bits per heavy atom. The number of aromatic nitrogens is 2. The van der Waals surface area contributed by atoms with Crippen molar-refractivity contribution in [2.45, 2.75) is 57.5 Å². The lowest BCUT2D eigenvalue weighted by molar-refractivity contribution is -0.00213. The molecule has 4 atom stereocenters. The molecule has 4 rings (SSSR count). The molecule has 2 aromatic heterocycles. The van der Waals surface area contributed by atoms with Crippen LogP contribution in [0, 0.1) is 5.92 Å². The highest BCUT2D eigenvalue weighted by atomic mass is 79.9. The standard InChI is InChI=1S/C17H19BrFN3O3S/c1-17(2,3)25-16(24)22-7-4-8(9(19)5-7)12(22)14-20-10-6-11(18)26-13(10)15(23)21-14/h6-9,12H,4-5H2,1-3H3,(H,20,21,23)/t7-,8+,9-,12+/m1/s1. The molecule has 1 aliphatic heterocycles. The van der Waals surface area contributed by atoms with E-state index in [-0.39, 0.29) is 17.5 Å². The van der Waals surface area contributed by atoms with Crippen LogP contribution in [-0.2, 0) is 4.74 Å². The van der Waals surface area contributed by atoms with E-state index in [9.17, 15) is 14.0 Å². The lowest BCUT2D eigenvalue weighted by Crippen LogP contribution is -2.46. The summed E-state index contributed by atoms with van der Waals surface area (Å²) in [6.45, 7) is 5.38. The number of carbonyl (C=O) groups excluding carboxylic acids is 1. The van der Waals surface area contributed by atoms with Gasteiger partial charge in [-0.05, 0) is 55.6 Å². The predicted molar refractivity (Wildman–Crippen MR) is 100 cm³/mol. The highest BCUT2D eigenvalue weighted by Crippen LogP contribution is 2.51. The fourth-order valence-corrected chi connectivity index (χ4v) is 5.38. The number of halogens is 2. The van der Waals surface area contributed by atoms with Crippen LogP contribution in [0.5, 0.6) is 0 Å². The van der Waals surface area contributed by atoms with Crippen LogP contribution in [0.25, 0.3) is 10.2 Å². The van der Waals surface area contributed by atoms with Crippen LogP contribution < -0.4 is 5.56 Å². The maximum absolute atomic E-state index is 14.4. The minimum absolute atomic E-state index is 0.231. The number of fused-ring (bicyclic) bond motifs is 3. The van der Waals surface area contributed by atoms with Crippen molar-refractivity contribution in [2.75, 3.05) is 0 Å². The van der Waals surface area contributed by atoms with Gasteiger partial charge in [0.25, 0.3) is 5.56 Å². The summed E-state index contributed by atoms with van der Waals surface area (Å²) in [6.07, 6.45) is -0.646. The maximum Gasteiger partial charge on any atom is 0.411 e. The molecule has 2 fully saturated rings. The van der Waals surface area contributed by atoms with Crippen molar-refractivity contribution < 1.29 is 13.9 Å². The van der Waals surface area contributed by atoms with Gasteiger partial charge in [0.05, 0.1) is 15.3 Å². The molecule has 3 heterocycles. The number of aromatic amines is 1. The molecule has 1 saturated heterocycles. The van der Waals surface area contributed by atoms with Gasteiger partial charge in [-0.3, -0.25) is 9.69 Å². The van der Waals surface area contributed by atoms with Gasteiger partial charge in [0.1, 0.15) is 22.3 Å². The molecule has 0 aromatic carbocycles. The smallest absolute Gasteiger partial charge is 0.411 e. The summed E-state index contributed by atoms with van der Waals surface area (Å²) >= 11 is 4.65. The third kappa shape index (κ3) is 2.94. The van der Waals surface area contributed by atoms with E-state index in [2.05, 4.69) is 25.9 Å². The summed E-state index contributed by atoms with van der Waals surface area (Å²) in [5, 5.41) is 0. The second-order valence-corrected chi connectivity index (χ2v) is 10.3. The first-order valence-electron chi connectivity index (χ1n) is 8.48. The van der Waals surface area contributed by atoms with Gasteiger partial charge in [-0.1, -0.05) is 0 Å². The zero-order chi connectivity index (χ0) is 18.8. The van der Waals surface area contributed by atoms with Crippen molar-refractivity contribution in [2.24, 2.45) is 5.92 Å². The topological polar surface area (TPSA) is 75.3 Å². The normalized spacial score (nSPS) is 28.1. The number of thiophene rings is 1. The van der Waals surface area contributed by atoms with Crippen LogP contribution in [0.15, 0.2) is 14.6 Å².